The first-order chi connectivity index (χ1) is 13.1. The van der Waals surface area contributed by atoms with Crippen LogP contribution in [0.1, 0.15) is 44.6 Å². The molecule has 1 unspecified atom stereocenters. The van der Waals surface area contributed by atoms with Gasteiger partial charge in [-0.05, 0) is 30.9 Å². The zero-order chi connectivity index (χ0) is 19.2. The van der Waals surface area contributed by atoms with Crippen LogP contribution in [-0.4, -0.2) is 48.8 Å². The molecule has 3 rings (SSSR count). The molecule has 6 heteroatoms. The van der Waals surface area contributed by atoms with E-state index in [9.17, 15) is 14.4 Å². The predicted molar refractivity (Wildman–Crippen MR) is 104 cm³/mol. The molecule has 6 nitrogen and oxygen atoms in total. The molecule has 2 saturated heterocycles. The highest BCUT2D eigenvalue weighted by Crippen LogP contribution is 2.28. The van der Waals surface area contributed by atoms with Gasteiger partial charge in [0, 0.05) is 44.7 Å². The van der Waals surface area contributed by atoms with Gasteiger partial charge in [0.2, 0.25) is 17.7 Å². The minimum absolute atomic E-state index is 0.00116. The highest BCUT2D eigenvalue weighted by molar-refractivity contribution is 6.00. The van der Waals surface area contributed by atoms with Crippen molar-refractivity contribution in [3.8, 4) is 0 Å². The van der Waals surface area contributed by atoms with Crippen LogP contribution in [-0.2, 0) is 20.8 Å². The van der Waals surface area contributed by atoms with Crippen molar-refractivity contribution in [3.63, 3.8) is 0 Å². The number of benzene rings is 1. The molecule has 0 radical (unpaired) electrons. The number of hydrogen-bond acceptors (Lipinski definition) is 3. The van der Waals surface area contributed by atoms with Crippen LogP contribution in [0, 0.1) is 5.92 Å². The van der Waals surface area contributed by atoms with Crippen molar-refractivity contribution in [1.82, 2.24) is 10.2 Å². The Labute approximate surface area is 160 Å². The Morgan fingerprint density at radius 3 is 2.78 bits per heavy atom. The quantitative estimate of drug-likeness (QED) is 0.833. The Kier molecular flexibility index (Phi) is 6.48. The third-order valence-corrected chi connectivity index (χ3v) is 5.51. The Morgan fingerprint density at radius 2 is 1.96 bits per heavy atom. The Hall–Kier alpha value is -2.37. The number of carbonyl (C=O) groups is 3. The van der Waals surface area contributed by atoms with E-state index in [1.807, 2.05) is 29.2 Å². The summed E-state index contributed by atoms with van der Waals surface area (Å²) in [4.78, 5) is 40.6. The van der Waals surface area contributed by atoms with Crippen LogP contribution in [0.25, 0.3) is 0 Å². The summed E-state index contributed by atoms with van der Waals surface area (Å²) in [6.07, 6.45) is 4.78. The maximum atomic E-state index is 12.5. The first-order valence-electron chi connectivity index (χ1n) is 10.0. The molecule has 2 heterocycles. The number of rotatable bonds is 6. The average molecular weight is 371 g/mol. The fourth-order valence-electron chi connectivity index (χ4n) is 3.92. The number of hydrogen-bond donors (Lipinski definition) is 1. The molecule has 2 fully saturated rings. The van der Waals surface area contributed by atoms with Crippen molar-refractivity contribution < 1.29 is 14.4 Å². The lowest BCUT2D eigenvalue weighted by Crippen LogP contribution is -2.40. The van der Waals surface area contributed by atoms with E-state index in [2.05, 4.69) is 12.2 Å². The van der Waals surface area contributed by atoms with Crippen LogP contribution < -0.4 is 10.2 Å². The maximum absolute atomic E-state index is 12.5. The fourth-order valence-corrected chi connectivity index (χ4v) is 3.92. The highest BCUT2D eigenvalue weighted by atomic mass is 16.2. The van der Waals surface area contributed by atoms with Crippen molar-refractivity contribution in [2.75, 3.05) is 31.1 Å². The molecule has 1 aromatic rings. The predicted octanol–water partition coefficient (Wildman–Crippen LogP) is 2.12. The van der Waals surface area contributed by atoms with E-state index in [1.165, 1.54) is 0 Å². The molecule has 1 N–H and O–H groups in total. The van der Waals surface area contributed by atoms with Gasteiger partial charge in [0.25, 0.3) is 0 Å². The molecule has 2 aliphatic heterocycles. The number of nitrogens with one attached hydrogen (secondary N) is 1. The molecule has 0 spiro atoms. The lowest BCUT2D eigenvalue weighted by molar-refractivity contribution is -0.131. The van der Waals surface area contributed by atoms with Crippen molar-refractivity contribution in [1.29, 1.82) is 0 Å². The van der Waals surface area contributed by atoms with Crippen LogP contribution in [0.3, 0.4) is 0 Å². The number of aryl methyl sites for hydroxylation is 1. The molecule has 146 valence electrons. The number of amides is 3. The second kappa shape index (κ2) is 9.02. The number of nitrogens with zero attached hydrogens (tertiary/aromatic N) is 2. The number of para-hydroxylation sites is 1. The van der Waals surface area contributed by atoms with E-state index < -0.39 is 0 Å². The lowest BCUT2D eigenvalue weighted by Gasteiger charge is -2.21. The van der Waals surface area contributed by atoms with E-state index in [4.69, 9.17) is 0 Å². The van der Waals surface area contributed by atoms with E-state index in [0.717, 1.165) is 43.5 Å². The van der Waals surface area contributed by atoms with Gasteiger partial charge >= 0.3 is 0 Å². The number of likely N-dealkylation sites (tertiary alicyclic amines) is 1. The van der Waals surface area contributed by atoms with Gasteiger partial charge < -0.3 is 15.1 Å². The van der Waals surface area contributed by atoms with Crippen molar-refractivity contribution >= 4 is 23.4 Å². The van der Waals surface area contributed by atoms with Crippen LogP contribution in [0.4, 0.5) is 5.69 Å². The smallest absolute Gasteiger partial charge is 0.227 e. The topological polar surface area (TPSA) is 69.7 Å². The molecule has 1 atom stereocenters. The normalized spacial score (nSPS) is 20.7. The zero-order valence-electron chi connectivity index (χ0n) is 16.1. The fraction of sp³-hybridized carbons (Fsp3) is 0.571. The van der Waals surface area contributed by atoms with Crippen molar-refractivity contribution in [2.45, 2.75) is 45.4 Å². The summed E-state index contributed by atoms with van der Waals surface area (Å²) in [5.74, 6) is -0.247. The molecular weight excluding hydrogens is 342 g/mol. The standard InChI is InChI=1S/C21H29N3O3/c1-2-16-8-5-6-9-18(16)24-15-17(14-20(24)26)21(27)22-11-13-23-12-7-3-4-10-19(23)25/h5-6,8-9,17H,2-4,7,10-15H2,1H3,(H,22,27). The second-order valence-electron chi connectivity index (χ2n) is 7.37. The van der Waals surface area contributed by atoms with E-state index in [1.54, 1.807) is 4.90 Å². The molecular formula is C21H29N3O3. The highest BCUT2D eigenvalue weighted by Gasteiger charge is 2.35. The Balaban J connectivity index is 1.52. The number of carbonyl (C=O) groups excluding carboxylic acids is 3. The molecule has 1 aromatic carbocycles. The minimum Gasteiger partial charge on any atom is -0.354 e. The molecule has 27 heavy (non-hydrogen) atoms. The molecule has 0 bridgehead atoms. The van der Waals surface area contributed by atoms with E-state index in [0.29, 0.717) is 26.1 Å². The molecule has 0 aromatic heterocycles. The van der Waals surface area contributed by atoms with Gasteiger partial charge in [-0.25, -0.2) is 0 Å². The van der Waals surface area contributed by atoms with Crippen LogP contribution >= 0.6 is 0 Å². The third-order valence-electron chi connectivity index (χ3n) is 5.51. The summed E-state index contributed by atoms with van der Waals surface area (Å²) in [5, 5.41) is 2.92. The summed E-state index contributed by atoms with van der Waals surface area (Å²) >= 11 is 0. The van der Waals surface area contributed by atoms with Gasteiger partial charge in [0.05, 0.1) is 5.92 Å². The van der Waals surface area contributed by atoms with Gasteiger partial charge in [0.1, 0.15) is 0 Å². The monoisotopic (exact) mass is 371 g/mol. The number of anilines is 1. The van der Waals surface area contributed by atoms with Gasteiger partial charge in [-0.1, -0.05) is 31.5 Å². The van der Waals surface area contributed by atoms with Crippen LogP contribution in [0.15, 0.2) is 24.3 Å². The largest absolute Gasteiger partial charge is 0.354 e. The van der Waals surface area contributed by atoms with Crippen LogP contribution in [0.5, 0.6) is 0 Å². The summed E-state index contributed by atoms with van der Waals surface area (Å²) in [6.45, 7) is 4.25. The molecule has 3 amide bonds. The lowest BCUT2D eigenvalue weighted by atomic mass is 10.1. The summed E-state index contributed by atoms with van der Waals surface area (Å²) in [7, 11) is 0. The Morgan fingerprint density at radius 1 is 1.15 bits per heavy atom. The van der Waals surface area contributed by atoms with E-state index in [-0.39, 0.29) is 30.1 Å². The summed E-state index contributed by atoms with van der Waals surface area (Å²) < 4.78 is 0. The van der Waals surface area contributed by atoms with Gasteiger partial charge in [-0.3, -0.25) is 14.4 Å². The average Bonchev–Trinajstić information content (AvgIpc) is 2.95. The first-order valence-corrected chi connectivity index (χ1v) is 10.0. The van der Waals surface area contributed by atoms with Gasteiger partial charge in [-0.15, -0.1) is 0 Å². The first kappa shape index (κ1) is 19.4. The van der Waals surface area contributed by atoms with Crippen molar-refractivity contribution in [2.24, 2.45) is 5.92 Å². The minimum atomic E-state index is -0.331. The third kappa shape index (κ3) is 4.67. The maximum Gasteiger partial charge on any atom is 0.227 e. The second-order valence-corrected chi connectivity index (χ2v) is 7.37. The molecule has 0 aliphatic carbocycles. The van der Waals surface area contributed by atoms with E-state index >= 15 is 0 Å². The van der Waals surface area contributed by atoms with Gasteiger partial charge in [0.15, 0.2) is 0 Å². The summed E-state index contributed by atoms with van der Waals surface area (Å²) in [5.41, 5.74) is 2.03. The van der Waals surface area contributed by atoms with Crippen LogP contribution in [0.2, 0.25) is 0 Å². The summed E-state index contributed by atoms with van der Waals surface area (Å²) in [6, 6.07) is 7.86. The molecule has 0 saturated carbocycles. The molecule has 2 aliphatic rings. The SMILES string of the molecule is CCc1ccccc1N1CC(C(=O)NCCN2CCCCCC2=O)CC1=O. The Bertz CT molecular complexity index is 704. The van der Waals surface area contributed by atoms with Crippen molar-refractivity contribution in [3.05, 3.63) is 29.8 Å². The van der Waals surface area contributed by atoms with Gasteiger partial charge in [-0.2, -0.15) is 0 Å². The zero-order valence-corrected chi connectivity index (χ0v) is 16.1.